The van der Waals surface area contributed by atoms with Crippen molar-refractivity contribution in [2.75, 3.05) is 19.0 Å². The Kier molecular flexibility index (Phi) is 8.78. The first kappa shape index (κ1) is 16.9. The Balaban J connectivity index is 0.000000342. The number of unbranched alkanes of at least 4 members (excludes halogenated alkanes) is 1. The van der Waals surface area contributed by atoms with Crippen LogP contribution >= 0.6 is 0 Å². The second kappa shape index (κ2) is 9.87. The maximum atomic E-state index is 9.90. The van der Waals surface area contributed by atoms with Crippen LogP contribution in [-0.2, 0) is 9.59 Å². The molecule has 6 nitrogen and oxygen atoms in total. The van der Waals surface area contributed by atoms with Gasteiger partial charge >= 0.3 is 11.9 Å². The number of nitrogens with zero attached hydrogens (tertiary/aromatic N) is 2. The Morgan fingerprint density at radius 3 is 1.74 bits per heavy atom. The Morgan fingerprint density at radius 1 is 1.05 bits per heavy atom. The minimum absolute atomic E-state index is 0.0628. The molecule has 6 heteroatoms. The molecule has 0 atom stereocenters. The summed E-state index contributed by atoms with van der Waals surface area (Å²) in [4.78, 5) is 25.7. The van der Waals surface area contributed by atoms with Crippen LogP contribution in [0.15, 0.2) is 24.5 Å². The van der Waals surface area contributed by atoms with Crippen LogP contribution in [-0.4, -0.2) is 41.2 Å². The Bertz CT molecular complexity index is 363. The smallest absolute Gasteiger partial charge is 0.303 e. The van der Waals surface area contributed by atoms with Gasteiger partial charge in [-0.15, -0.1) is 0 Å². The lowest BCUT2D eigenvalue weighted by Gasteiger charge is -2.10. The van der Waals surface area contributed by atoms with E-state index in [4.69, 9.17) is 10.2 Å². The summed E-state index contributed by atoms with van der Waals surface area (Å²) in [5, 5.41) is 16.3. The second-order valence-corrected chi connectivity index (χ2v) is 4.09. The molecule has 0 unspecified atom stereocenters. The van der Waals surface area contributed by atoms with E-state index < -0.39 is 11.9 Å². The SMILES string of the molecule is CN(C)c1ccncc1.O=C(O)CCCCC(=O)O. The molecule has 2 N–H and O–H groups in total. The topological polar surface area (TPSA) is 90.7 Å². The first-order chi connectivity index (χ1) is 8.93. The van der Waals surface area contributed by atoms with E-state index in [1.807, 2.05) is 31.1 Å². The van der Waals surface area contributed by atoms with Crippen molar-refractivity contribution in [2.45, 2.75) is 25.7 Å². The van der Waals surface area contributed by atoms with Crippen molar-refractivity contribution in [3.63, 3.8) is 0 Å². The number of aliphatic carboxylic acids is 2. The fraction of sp³-hybridized carbons (Fsp3) is 0.462. The first-order valence-electron chi connectivity index (χ1n) is 5.94. The summed E-state index contributed by atoms with van der Waals surface area (Å²) >= 11 is 0. The highest BCUT2D eigenvalue weighted by atomic mass is 16.4. The van der Waals surface area contributed by atoms with Crippen molar-refractivity contribution < 1.29 is 19.8 Å². The van der Waals surface area contributed by atoms with E-state index in [0.717, 1.165) is 0 Å². The summed E-state index contributed by atoms with van der Waals surface area (Å²) < 4.78 is 0. The molecule has 0 aliphatic carbocycles. The summed E-state index contributed by atoms with van der Waals surface area (Å²) in [5.74, 6) is -1.74. The van der Waals surface area contributed by atoms with Crippen LogP contribution in [0, 0.1) is 0 Å². The molecule has 1 rings (SSSR count). The first-order valence-corrected chi connectivity index (χ1v) is 5.94. The fourth-order valence-electron chi connectivity index (χ4n) is 1.19. The quantitative estimate of drug-likeness (QED) is 0.765. The molecule has 0 spiro atoms. The Hall–Kier alpha value is -2.11. The van der Waals surface area contributed by atoms with Crippen LogP contribution in [0.1, 0.15) is 25.7 Å². The van der Waals surface area contributed by atoms with E-state index in [9.17, 15) is 9.59 Å². The van der Waals surface area contributed by atoms with Crippen LogP contribution in [0.25, 0.3) is 0 Å². The zero-order valence-corrected chi connectivity index (χ0v) is 11.2. The van der Waals surface area contributed by atoms with Crippen LogP contribution in [0.2, 0.25) is 0 Å². The van der Waals surface area contributed by atoms with Crippen LogP contribution in [0.4, 0.5) is 5.69 Å². The number of rotatable bonds is 6. The number of carboxylic acid groups (broad SMARTS) is 2. The van der Waals surface area contributed by atoms with Gasteiger partial charge < -0.3 is 15.1 Å². The lowest BCUT2D eigenvalue weighted by Crippen LogP contribution is -2.07. The highest BCUT2D eigenvalue weighted by molar-refractivity contribution is 5.67. The molecule has 1 heterocycles. The van der Waals surface area contributed by atoms with Gasteiger partial charge in [-0.1, -0.05) is 0 Å². The number of hydrogen-bond acceptors (Lipinski definition) is 4. The summed E-state index contributed by atoms with van der Waals surface area (Å²) in [7, 11) is 4.02. The lowest BCUT2D eigenvalue weighted by molar-refractivity contribution is -0.139. The zero-order valence-electron chi connectivity index (χ0n) is 11.2. The largest absolute Gasteiger partial charge is 0.481 e. The summed E-state index contributed by atoms with van der Waals surface area (Å²) in [6.45, 7) is 0. The van der Waals surface area contributed by atoms with Gasteiger partial charge in [0, 0.05) is 45.0 Å². The maximum absolute atomic E-state index is 9.90. The molecule has 0 aromatic carbocycles. The van der Waals surface area contributed by atoms with Crippen LogP contribution in [0.5, 0.6) is 0 Å². The highest BCUT2D eigenvalue weighted by Crippen LogP contribution is 2.05. The van der Waals surface area contributed by atoms with Gasteiger partial charge in [-0.3, -0.25) is 14.6 Å². The average molecular weight is 268 g/mol. The van der Waals surface area contributed by atoms with Crippen molar-refractivity contribution in [3.05, 3.63) is 24.5 Å². The Morgan fingerprint density at radius 2 is 1.47 bits per heavy atom. The second-order valence-electron chi connectivity index (χ2n) is 4.09. The van der Waals surface area contributed by atoms with E-state index in [1.165, 1.54) is 5.69 Å². The highest BCUT2D eigenvalue weighted by Gasteiger charge is 1.99. The number of carbonyl (C=O) groups is 2. The van der Waals surface area contributed by atoms with Gasteiger partial charge in [0.05, 0.1) is 0 Å². The molecule has 0 amide bonds. The standard InChI is InChI=1S/C7H10N2.C6H10O4/c1-9(2)7-3-5-8-6-4-7;7-5(8)3-1-2-4-6(9)10/h3-6H,1-2H3;1-4H2,(H,7,8)(H,9,10). The van der Waals surface area contributed by atoms with Crippen molar-refractivity contribution in [3.8, 4) is 0 Å². The van der Waals surface area contributed by atoms with Crippen molar-refractivity contribution in [2.24, 2.45) is 0 Å². The summed E-state index contributed by atoms with van der Waals surface area (Å²) in [6, 6.07) is 3.94. The van der Waals surface area contributed by atoms with E-state index in [1.54, 1.807) is 12.4 Å². The third-order valence-electron chi connectivity index (χ3n) is 2.21. The predicted octanol–water partition coefficient (Wildman–Crippen LogP) is 1.86. The van der Waals surface area contributed by atoms with E-state index >= 15 is 0 Å². The molecule has 0 aliphatic heterocycles. The zero-order chi connectivity index (χ0) is 14.7. The number of aromatic nitrogens is 1. The number of carboxylic acids is 2. The Labute approximate surface area is 112 Å². The predicted molar refractivity (Wildman–Crippen MR) is 72.3 cm³/mol. The molecule has 0 bridgehead atoms. The maximum Gasteiger partial charge on any atom is 0.303 e. The molecule has 0 radical (unpaired) electrons. The molecule has 0 aliphatic rings. The molecule has 0 saturated carbocycles. The molecule has 0 saturated heterocycles. The number of pyridine rings is 1. The molecular formula is C13H20N2O4. The number of hydrogen-bond donors (Lipinski definition) is 2. The summed E-state index contributed by atoms with van der Waals surface area (Å²) in [5.41, 5.74) is 1.19. The van der Waals surface area contributed by atoms with Gasteiger partial charge in [0.15, 0.2) is 0 Å². The molecule has 0 fully saturated rings. The normalized spacial score (nSPS) is 9.16. The monoisotopic (exact) mass is 268 g/mol. The molecule has 1 aromatic rings. The van der Waals surface area contributed by atoms with E-state index in [-0.39, 0.29) is 12.8 Å². The fourth-order valence-corrected chi connectivity index (χ4v) is 1.19. The van der Waals surface area contributed by atoms with Crippen LogP contribution < -0.4 is 4.90 Å². The van der Waals surface area contributed by atoms with Gasteiger partial charge in [-0.2, -0.15) is 0 Å². The van der Waals surface area contributed by atoms with Gasteiger partial charge in [0.2, 0.25) is 0 Å². The molecular weight excluding hydrogens is 248 g/mol. The van der Waals surface area contributed by atoms with Gasteiger partial charge in [-0.25, -0.2) is 0 Å². The molecule has 106 valence electrons. The van der Waals surface area contributed by atoms with Crippen LogP contribution in [0.3, 0.4) is 0 Å². The van der Waals surface area contributed by atoms with Gasteiger partial charge in [0.25, 0.3) is 0 Å². The van der Waals surface area contributed by atoms with E-state index in [0.29, 0.717) is 12.8 Å². The van der Waals surface area contributed by atoms with Crippen molar-refractivity contribution in [1.29, 1.82) is 0 Å². The third-order valence-corrected chi connectivity index (χ3v) is 2.21. The molecule has 19 heavy (non-hydrogen) atoms. The third kappa shape index (κ3) is 10.7. The van der Waals surface area contributed by atoms with E-state index in [2.05, 4.69) is 4.98 Å². The minimum atomic E-state index is -0.870. The van der Waals surface area contributed by atoms with Crippen molar-refractivity contribution in [1.82, 2.24) is 4.98 Å². The number of anilines is 1. The lowest BCUT2D eigenvalue weighted by atomic mass is 10.2. The average Bonchev–Trinajstić information content (AvgIpc) is 2.36. The van der Waals surface area contributed by atoms with Crippen molar-refractivity contribution >= 4 is 17.6 Å². The molecule has 1 aromatic heterocycles. The van der Waals surface area contributed by atoms with Gasteiger partial charge in [0.1, 0.15) is 0 Å². The van der Waals surface area contributed by atoms with Gasteiger partial charge in [-0.05, 0) is 25.0 Å². The summed E-state index contributed by atoms with van der Waals surface area (Å²) in [6.07, 6.45) is 4.59. The minimum Gasteiger partial charge on any atom is -0.481 e.